The zero-order valence-corrected chi connectivity index (χ0v) is 63.0. The van der Waals surface area contributed by atoms with Gasteiger partial charge in [0.2, 0.25) is 70.9 Å². The highest BCUT2D eigenvalue weighted by molar-refractivity contribution is 6.00. The predicted molar refractivity (Wildman–Crippen MR) is 381 cm³/mol. The summed E-state index contributed by atoms with van der Waals surface area (Å²) >= 11 is 0. The number of aliphatic hydroxyl groups is 1. The molecule has 0 radical (unpaired) electrons. The molecule has 0 aromatic heterocycles. The molecule has 0 unspecified atom stereocenters. The van der Waals surface area contributed by atoms with E-state index >= 15 is 28.8 Å². The summed E-state index contributed by atoms with van der Waals surface area (Å²) in [6.07, 6.45) is 0.905. The lowest BCUT2D eigenvalue weighted by Gasteiger charge is -2.37. The van der Waals surface area contributed by atoms with Gasteiger partial charge >= 0.3 is 0 Å². The van der Waals surface area contributed by atoms with Crippen molar-refractivity contribution in [3.63, 3.8) is 0 Å². The lowest BCUT2D eigenvalue weighted by atomic mass is 9.94. The zero-order valence-electron chi connectivity index (χ0n) is 63.0. The zero-order chi connectivity index (χ0) is 75.2. The molecule has 2 heterocycles. The van der Waals surface area contributed by atoms with Crippen molar-refractivity contribution in [1.29, 1.82) is 0 Å². The predicted octanol–water partition coefficient (Wildman–Crippen LogP) is 3.65. The van der Waals surface area contributed by atoms with E-state index in [9.17, 15) is 33.9 Å². The molecule has 0 aliphatic carbocycles. The van der Waals surface area contributed by atoms with Gasteiger partial charge in [-0.05, 0) is 114 Å². The van der Waals surface area contributed by atoms with Crippen LogP contribution >= 0.6 is 0 Å². The molecule has 2 aromatic carbocycles. The van der Waals surface area contributed by atoms with E-state index in [0.717, 1.165) is 21.8 Å². The third kappa shape index (κ3) is 25.0. The number of hydrogen-bond acceptors (Lipinski definition) is 14. The number of benzene rings is 2. The van der Waals surface area contributed by atoms with Crippen LogP contribution in [-0.2, 0) is 75.1 Å². The minimum atomic E-state index is -1.66. The largest absolute Gasteiger partial charge is 0.391 e. The average Bonchev–Trinajstić information content (AvgIpc) is 0.825. The van der Waals surface area contributed by atoms with Gasteiger partial charge < -0.3 is 70.3 Å². The molecule has 100 heavy (non-hydrogen) atoms. The molecule has 558 valence electrons. The highest BCUT2D eigenvalue weighted by Gasteiger charge is 2.43. The number of nitrogens with zero attached hydrogens (tertiary/aromatic N) is 8. The van der Waals surface area contributed by atoms with E-state index in [0.29, 0.717) is 44.3 Å². The van der Waals surface area contributed by atoms with E-state index < -0.39 is 162 Å². The molecule has 0 bridgehead atoms. The third-order valence-corrected chi connectivity index (χ3v) is 18.9. The Labute approximate surface area is 593 Å². The smallest absolute Gasteiger partial charge is 0.248 e. The van der Waals surface area contributed by atoms with E-state index in [1.165, 1.54) is 80.8 Å². The fourth-order valence-corrected chi connectivity index (χ4v) is 12.4. The summed E-state index contributed by atoms with van der Waals surface area (Å²) in [6.45, 7) is 20.3. The van der Waals surface area contributed by atoms with E-state index in [1.807, 2.05) is 78.8 Å². The monoisotopic (exact) mass is 1400 g/mol. The van der Waals surface area contributed by atoms with Gasteiger partial charge in [0.25, 0.3) is 0 Å². The van der Waals surface area contributed by atoms with Crippen LogP contribution < -0.4 is 21.3 Å². The fraction of sp³-hybridized carbons (Fsp3) is 0.676. The molecular formula is C74H118N12O14. The van der Waals surface area contributed by atoms with Crippen LogP contribution in [0.2, 0.25) is 0 Å². The van der Waals surface area contributed by atoms with Crippen molar-refractivity contribution in [2.45, 2.75) is 220 Å². The maximum atomic E-state index is 15.3. The van der Waals surface area contributed by atoms with Crippen molar-refractivity contribution < 1.29 is 67.4 Å². The molecule has 2 aliphatic rings. The Balaban J connectivity index is 1.96. The number of likely N-dealkylation sites (N-methyl/N-ethyl adjacent to an activating group) is 7. The summed E-state index contributed by atoms with van der Waals surface area (Å²) in [7, 11) is 9.70. The van der Waals surface area contributed by atoms with Crippen LogP contribution in [0.4, 0.5) is 0 Å². The van der Waals surface area contributed by atoms with E-state index in [1.54, 1.807) is 62.9 Å². The summed E-state index contributed by atoms with van der Waals surface area (Å²) in [5, 5.41) is 22.5. The summed E-state index contributed by atoms with van der Waals surface area (Å²) in [5.41, 5.74) is 0.635. The Hall–Kier alpha value is -8.00. The van der Waals surface area contributed by atoms with Gasteiger partial charge in [-0.25, -0.2) is 0 Å². The van der Waals surface area contributed by atoms with Gasteiger partial charge in [-0.2, -0.15) is 0 Å². The first-order valence-electron chi connectivity index (χ1n) is 35.5. The van der Waals surface area contributed by atoms with Gasteiger partial charge in [-0.3, -0.25) is 57.5 Å². The summed E-state index contributed by atoms with van der Waals surface area (Å²) in [6, 6.07) is 5.81. The molecule has 0 spiro atoms. The SMILES string of the molecule is CC[C@H](C)[C@@H]1NC(=O)[C@H](Cc2ccccc2)N(C)C(=O)CN(C)C(=O)C[C@@H](C(=O)N2CCCCC2)NC(=O)[C@H](CC(C)C)N(C)C(=O)[C@H](COC(C)(C)C)NC(=O)[C@H](CC(C)C)N(C)C(=O)[C@H](CCc2ccccc2)N(C)C(=O)CN(C)C(=O)[C@H]([C@@H](C)O)NC(=O)[C@H](CC(C)C)N(C)C1=O. The number of carbonyl (C=O) groups excluding carboxylic acids is 12. The Bertz CT molecular complexity index is 3080. The van der Waals surface area contributed by atoms with Crippen LogP contribution in [0.25, 0.3) is 0 Å². The molecule has 2 fully saturated rings. The van der Waals surface area contributed by atoms with Crippen LogP contribution in [0.15, 0.2) is 60.7 Å². The van der Waals surface area contributed by atoms with Gasteiger partial charge in [0.1, 0.15) is 54.4 Å². The van der Waals surface area contributed by atoms with Crippen molar-refractivity contribution in [3.05, 3.63) is 71.8 Å². The molecule has 2 aromatic rings. The van der Waals surface area contributed by atoms with Crippen molar-refractivity contribution in [3.8, 4) is 0 Å². The maximum absolute atomic E-state index is 15.3. The second-order valence-electron chi connectivity index (χ2n) is 29.7. The molecule has 12 amide bonds. The van der Waals surface area contributed by atoms with Gasteiger partial charge in [0.15, 0.2) is 0 Å². The van der Waals surface area contributed by atoms with E-state index in [4.69, 9.17) is 4.74 Å². The second-order valence-corrected chi connectivity index (χ2v) is 29.7. The second kappa shape index (κ2) is 39.3. The highest BCUT2D eigenvalue weighted by Crippen LogP contribution is 2.24. The topological polar surface area (TPSA) is 308 Å². The van der Waals surface area contributed by atoms with Crippen LogP contribution in [-0.4, -0.2) is 263 Å². The van der Waals surface area contributed by atoms with Crippen LogP contribution in [0.3, 0.4) is 0 Å². The first kappa shape index (κ1) is 84.4. The molecule has 5 N–H and O–H groups in total. The number of piperidine rings is 1. The minimum absolute atomic E-state index is 0.0417. The molecule has 26 nitrogen and oxygen atoms in total. The molecule has 26 heteroatoms. The Kier molecular flexibility index (Phi) is 33.2. The van der Waals surface area contributed by atoms with Gasteiger partial charge in [0.05, 0.1) is 37.8 Å². The van der Waals surface area contributed by atoms with Gasteiger partial charge in [-0.1, -0.05) is 122 Å². The third-order valence-electron chi connectivity index (χ3n) is 18.9. The molecule has 0 saturated carbocycles. The molecule has 2 aliphatic heterocycles. The first-order valence-corrected chi connectivity index (χ1v) is 35.5. The van der Waals surface area contributed by atoms with E-state index in [-0.39, 0.29) is 56.5 Å². The number of aryl methyl sites for hydroxylation is 1. The van der Waals surface area contributed by atoms with Crippen LogP contribution in [0.5, 0.6) is 0 Å². The fourth-order valence-electron chi connectivity index (χ4n) is 12.4. The van der Waals surface area contributed by atoms with Crippen molar-refractivity contribution in [2.75, 3.05) is 82.1 Å². The highest BCUT2D eigenvalue weighted by atomic mass is 16.5. The quantitative estimate of drug-likeness (QED) is 0.151. The lowest BCUT2D eigenvalue weighted by molar-refractivity contribution is -0.151. The maximum Gasteiger partial charge on any atom is 0.248 e. The van der Waals surface area contributed by atoms with E-state index in [2.05, 4.69) is 21.3 Å². The first-order chi connectivity index (χ1) is 46.8. The number of ether oxygens (including phenoxy) is 1. The summed E-state index contributed by atoms with van der Waals surface area (Å²) in [4.78, 5) is 189. The number of likely N-dealkylation sites (tertiary alicyclic amines) is 1. The number of aliphatic hydroxyl groups excluding tert-OH is 1. The van der Waals surface area contributed by atoms with Crippen LogP contribution in [0.1, 0.15) is 152 Å². The Morgan fingerprint density at radius 1 is 0.510 bits per heavy atom. The molecular weight excluding hydrogens is 1280 g/mol. The van der Waals surface area contributed by atoms with Crippen LogP contribution in [0, 0.1) is 23.7 Å². The average molecular weight is 1400 g/mol. The number of rotatable bonds is 17. The number of carbonyl (C=O) groups is 12. The number of amides is 12. The van der Waals surface area contributed by atoms with Crippen molar-refractivity contribution >= 4 is 70.9 Å². The normalized spacial score (nSPS) is 24.8. The lowest BCUT2D eigenvalue weighted by Crippen LogP contribution is -2.62. The Morgan fingerprint density at radius 3 is 1.44 bits per heavy atom. The number of hydrogen-bond donors (Lipinski definition) is 5. The molecule has 2 saturated heterocycles. The minimum Gasteiger partial charge on any atom is -0.391 e. The van der Waals surface area contributed by atoms with Crippen molar-refractivity contribution in [1.82, 2.24) is 60.5 Å². The summed E-state index contributed by atoms with van der Waals surface area (Å²) in [5.74, 6) is -9.96. The Morgan fingerprint density at radius 2 is 0.950 bits per heavy atom. The standard InChI is InChI=1S/C74H118N12O14/c1-20-49(8)63-73(99)85(19)58(40-48(6)7)67(93)78-64(50(9)87)72(98)80(14)44-62(90)81(15)55(35-34-51-30-24-21-25-31-51)71(97)84(18)57(39-47(4)5)66(92)76-54(45-100-74(10,11)12)69(95)83(17)56(38-46(2)3)65(91)75-53(70(96)86-36-28-23-29-37-86)42-60(88)79(13)43-61(89)82(16)59(68(94)77-63)41-52-32-26-22-27-33-52/h21-22,24-27,30-33,46-50,53-59,63-64,87H,20,23,28-29,34-45H2,1-19H3,(H,75,91)(H,76,92)(H,77,94)(H,78,93)/t49-,50+,53-,54-,55-,56-,57-,58-,59-,63-,64-/m0/s1. The summed E-state index contributed by atoms with van der Waals surface area (Å²) < 4.78 is 6.20. The van der Waals surface area contributed by atoms with Gasteiger partial charge in [-0.15, -0.1) is 0 Å². The van der Waals surface area contributed by atoms with Gasteiger partial charge in [0, 0.05) is 68.8 Å². The molecule has 4 rings (SSSR count). The van der Waals surface area contributed by atoms with Crippen molar-refractivity contribution in [2.24, 2.45) is 23.7 Å². The number of nitrogens with one attached hydrogen (secondary N) is 4. The molecule has 11 atom stereocenters.